The summed E-state index contributed by atoms with van der Waals surface area (Å²) in [7, 11) is 0. The zero-order valence-corrected chi connectivity index (χ0v) is 21.9. The van der Waals surface area contributed by atoms with Gasteiger partial charge >= 0.3 is 0 Å². The topological polar surface area (TPSA) is 0 Å². The molecule has 0 unspecified atom stereocenters. The van der Waals surface area contributed by atoms with Gasteiger partial charge in [0.2, 0.25) is 0 Å². The molecule has 0 nitrogen and oxygen atoms in total. The van der Waals surface area contributed by atoms with E-state index in [0.717, 1.165) is 0 Å². The lowest BCUT2D eigenvalue weighted by molar-refractivity contribution is 0.467. The second-order valence-electron chi connectivity index (χ2n) is 11.1. The van der Waals surface area contributed by atoms with Crippen molar-refractivity contribution in [1.82, 2.24) is 0 Å². The van der Waals surface area contributed by atoms with Crippen LogP contribution in [-0.4, -0.2) is 0 Å². The van der Waals surface area contributed by atoms with E-state index in [1.54, 1.807) is 0 Å². The Morgan fingerprint density at radius 2 is 0.789 bits per heavy atom. The van der Waals surface area contributed by atoms with Gasteiger partial charge in [0.15, 0.2) is 0 Å². The van der Waals surface area contributed by atoms with E-state index in [1.165, 1.54) is 59.8 Å². The molecule has 0 heteroatoms. The summed E-state index contributed by atoms with van der Waals surface area (Å²) < 4.78 is 0. The van der Waals surface area contributed by atoms with Crippen LogP contribution in [0.15, 0.2) is 140 Å². The summed E-state index contributed by atoms with van der Waals surface area (Å²) in [5, 5.41) is 10.4. The molecule has 38 heavy (non-hydrogen) atoms. The Labute approximate surface area is 224 Å². The van der Waals surface area contributed by atoms with Crippen molar-refractivity contribution in [1.29, 1.82) is 0 Å². The minimum atomic E-state index is -0.203. The Balaban J connectivity index is 1.55. The second-order valence-corrected chi connectivity index (χ2v) is 11.1. The number of fused-ring (bicyclic) bond motifs is 4. The third kappa shape index (κ3) is 3.68. The molecule has 0 fully saturated rings. The Bertz CT molecular complexity index is 1820. The van der Waals surface area contributed by atoms with Crippen LogP contribution in [0.5, 0.6) is 0 Å². The van der Waals surface area contributed by atoms with Gasteiger partial charge in [-0.15, -0.1) is 0 Å². The molecule has 0 bridgehead atoms. The van der Waals surface area contributed by atoms with E-state index in [-0.39, 0.29) is 11.3 Å². The van der Waals surface area contributed by atoms with E-state index in [4.69, 9.17) is 0 Å². The van der Waals surface area contributed by atoms with Crippen LogP contribution in [0.25, 0.3) is 43.1 Å². The van der Waals surface area contributed by atoms with Crippen LogP contribution < -0.4 is 0 Å². The first-order chi connectivity index (χ1) is 18.6. The third-order valence-electron chi connectivity index (χ3n) is 8.35. The molecule has 182 valence electrons. The molecular weight excluding hydrogens is 456 g/mol. The molecule has 0 amide bonds. The van der Waals surface area contributed by atoms with E-state index >= 15 is 0 Å². The van der Waals surface area contributed by atoms with Gasteiger partial charge in [-0.25, -0.2) is 0 Å². The third-order valence-corrected chi connectivity index (χ3v) is 8.35. The first-order valence-electron chi connectivity index (χ1n) is 13.5. The summed E-state index contributed by atoms with van der Waals surface area (Å²) in [5.74, 6) is 0.158. The van der Waals surface area contributed by atoms with Gasteiger partial charge < -0.3 is 0 Å². The predicted molar refractivity (Wildman–Crippen MR) is 164 cm³/mol. The van der Waals surface area contributed by atoms with Crippen LogP contribution >= 0.6 is 0 Å². The Kier molecular flexibility index (Phi) is 5.30. The summed E-state index contributed by atoms with van der Waals surface area (Å²) in [6.45, 7) is 4.88. The van der Waals surface area contributed by atoms with E-state index in [2.05, 4.69) is 153 Å². The summed E-state index contributed by atoms with van der Waals surface area (Å²) in [6.07, 6.45) is 0. The zero-order valence-electron chi connectivity index (χ0n) is 21.9. The highest BCUT2D eigenvalue weighted by molar-refractivity contribution is 6.03. The first-order valence-corrected chi connectivity index (χ1v) is 13.5. The average molecular weight is 487 g/mol. The van der Waals surface area contributed by atoms with Gasteiger partial charge in [-0.1, -0.05) is 147 Å². The van der Waals surface area contributed by atoms with Crippen LogP contribution in [0, 0.1) is 0 Å². The fourth-order valence-electron chi connectivity index (χ4n) is 6.65. The van der Waals surface area contributed by atoms with Crippen molar-refractivity contribution in [3.05, 3.63) is 156 Å². The smallest absolute Gasteiger partial charge is 0.0182 e. The standard InChI is InChI=1S/C38H30/c1-38(2,37-34-17-9-7-15-30(34)25-31-16-8-10-18-35(31)37)36(32-21-19-26-11-3-5-13-28(26)23-32)33-22-20-27-12-4-6-14-29(27)24-33/h3-25,36H,1-2H3. The number of hydrogen-bond acceptors (Lipinski definition) is 0. The lowest BCUT2D eigenvalue weighted by Gasteiger charge is -2.38. The second kappa shape index (κ2) is 8.85. The number of rotatable bonds is 4. The van der Waals surface area contributed by atoms with E-state index in [1.807, 2.05) is 0 Å². The van der Waals surface area contributed by atoms with Crippen molar-refractivity contribution in [2.75, 3.05) is 0 Å². The molecule has 0 N–H and O–H groups in total. The van der Waals surface area contributed by atoms with Crippen LogP contribution in [0.3, 0.4) is 0 Å². The molecule has 0 atom stereocenters. The van der Waals surface area contributed by atoms with Crippen molar-refractivity contribution in [2.24, 2.45) is 0 Å². The van der Waals surface area contributed by atoms with Gasteiger partial charge in [0, 0.05) is 11.3 Å². The molecule has 0 aliphatic heterocycles. The normalized spacial score (nSPS) is 12.2. The summed E-state index contributed by atoms with van der Waals surface area (Å²) in [5.41, 5.74) is 3.91. The molecule has 7 aromatic carbocycles. The van der Waals surface area contributed by atoms with Crippen molar-refractivity contribution in [3.8, 4) is 0 Å². The van der Waals surface area contributed by atoms with Crippen LogP contribution in [0.4, 0.5) is 0 Å². The highest BCUT2D eigenvalue weighted by Gasteiger charge is 2.36. The van der Waals surface area contributed by atoms with Crippen LogP contribution in [0.2, 0.25) is 0 Å². The lowest BCUT2D eigenvalue weighted by atomic mass is 9.65. The molecule has 0 spiro atoms. The van der Waals surface area contributed by atoms with Gasteiger partial charge in [0.1, 0.15) is 0 Å². The minimum absolute atomic E-state index is 0.158. The quantitative estimate of drug-likeness (QED) is 0.217. The van der Waals surface area contributed by atoms with Gasteiger partial charge in [-0.3, -0.25) is 0 Å². The molecule has 0 saturated heterocycles. The SMILES string of the molecule is CC(C)(c1c2ccccc2cc2ccccc12)C(c1ccc2ccccc2c1)c1ccc2ccccc2c1. The molecule has 0 saturated carbocycles. The summed E-state index contributed by atoms with van der Waals surface area (Å²) >= 11 is 0. The molecule has 0 aromatic heterocycles. The highest BCUT2D eigenvalue weighted by Crippen LogP contribution is 2.48. The monoisotopic (exact) mass is 486 g/mol. The fourth-order valence-corrected chi connectivity index (χ4v) is 6.65. The van der Waals surface area contributed by atoms with Crippen LogP contribution in [0.1, 0.15) is 36.5 Å². The molecule has 0 heterocycles. The van der Waals surface area contributed by atoms with Gasteiger partial charge in [0.25, 0.3) is 0 Å². The molecule has 0 radical (unpaired) electrons. The Morgan fingerprint density at radius 1 is 0.395 bits per heavy atom. The van der Waals surface area contributed by atoms with E-state index in [0.29, 0.717) is 0 Å². The summed E-state index contributed by atoms with van der Waals surface area (Å²) in [4.78, 5) is 0. The Hall–Kier alpha value is -4.42. The maximum absolute atomic E-state index is 2.44. The van der Waals surface area contributed by atoms with Gasteiger partial charge in [-0.2, -0.15) is 0 Å². The van der Waals surface area contributed by atoms with Crippen LogP contribution in [-0.2, 0) is 5.41 Å². The van der Waals surface area contributed by atoms with Crippen molar-refractivity contribution >= 4 is 43.1 Å². The summed E-state index contributed by atoms with van der Waals surface area (Å²) in [6, 6.07) is 51.6. The minimum Gasteiger partial charge on any atom is -0.0616 e. The fraction of sp³-hybridized carbons (Fsp3) is 0.105. The molecule has 7 rings (SSSR count). The maximum Gasteiger partial charge on any atom is 0.0182 e. The zero-order chi connectivity index (χ0) is 25.7. The number of benzene rings is 7. The lowest BCUT2D eigenvalue weighted by Crippen LogP contribution is -2.28. The maximum atomic E-state index is 2.44. The average Bonchev–Trinajstić information content (AvgIpc) is 2.95. The molecule has 7 aromatic rings. The molecular formula is C38H30. The van der Waals surface area contributed by atoms with Crippen molar-refractivity contribution in [2.45, 2.75) is 25.2 Å². The van der Waals surface area contributed by atoms with E-state index in [9.17, 15) is 0 Å². The van der Waals surface area contributed by atoms with Crippen molar-refractivity contribution in [3.63, 3.8) is 0 Å². The van der Waals surface area contributed by atoms with Gasteiger partial charge in [-0.05, 0) is 65.8 Å². The largest absolute Gasteiger partial charge is 0.0616 e. The van der Waals surface area contributed by atoms with Gasteiger partial charge in [0.05, 0.1) is 0 Å². The highest BCUT2D eigenvalue weighted by atomic mass is 14.4. The molecule has 0 aliphatic rings. The predicted octanol–water partition coefficient (Wildman–Crippen LogP) is 10.4. The van der Waals surface area contributed by atoms with Crippen molar-refractivity contribution < 1.29 is 0 Å². The first kappa shape index (κ1) is 22.8. The Morgan fingerprint density at radius 3 is 1.26 bits per heavy atom. The number of hydrogen-bond donors (Lipinski definition) is 0. The van der Waals surface area contributed by atoms with E-state index < -0.39 is 0 Å². The molecule has 0 aliphatic carbocycles.